The number of anilines is 1. The topological polar surface area (TPSA) is 83.1 Å². The van der Waals surface area contributed by atoms with E-state index in [-0.39, 0.29) is 25.2 Å². The van der Waals surface area contributed by atoms with E-state index in [1.54, 1.807) is 12.1 Å². The van der Waals surface area contributed by atoms with Crippen LogP contribution in [0.25, 0.3) is 0 Å². The Kier molecular flexibility index (Phi) is 7.84. The van der Waals surface area contributed by atoms with Crippen LogP contribution in [0, 0.1) is 5.82 Å². The van der Waals surface area contributed by atoms with Crippen LogP contribution in [0.5, 0.6) is 11.5 Å². The molecule has 1 atom stereocenters. The molecular weight excluding hydrogens is 439 g/mol. The standard InChI is InChI=1S/C25H31FN4O4/c1-2-3-10-27-24(31)25(32)28-16-21(18-8-9-22-23(15-18)34-17-33-22)30-13-11-29(12-14-30)20-7-5-4-6-19(20)26/h4-9,15,21H,2-3,10-14,16-17H2,1H3,(H,27,31)(H,28,32)/t21-/m1/s1. The monoisotopic (exact) mass is 470 g/mol. The van der Waals surface area contributed by atoms with Gasteiger partial charge in [-0.05, 0) is 36.2 Å². The van der Waals surface area contributed by atoms with Crippen molar-refractivity contribution in [3.05, 3.63) is 53.8 Å². The average molecular weight is 471 g/mol. The van der Waals surface area contributed by atoms with Gasteiger partial charge in [0, 0.05) is 39.3 Å². The van der Waals surface area contributed by atoms with Gasteiger partial charge < -0.3 is 25.0 Å². The number of halogens is 1. The van der Waals surface area contributed by atoms with Gasteiger partial charge in [0.25, 0.3) is 0 Å². The Morgan fingerprint density at radius 2 is 1.74 bits per heavy atom. The van der Waals surface area contributed by atoms with E-state index in [4.69, 9.17) is 9.47 Å². The smallest absolute Gasteiger partial charge is 0.309 e. The number of carbonyl (C=O) groups excluding carboxylic acids is 2. The lowest BCUT2D eigenvalue weighted by atomic mass is 10.0. The fourth-order valence-electron chi connectivity index (χ4n) is 4.29. The van der Waals surface area contributed by atoms with E-state index in [2.05, 4.69) is 15.5 Å². The van der Waals surface area contributed by atoms with Crippen molar-refractivity contribution in [2.75, 3.05) is 51.0 Å². The summed E-state index contributed by atoms with van der Waals surface area (Å²) in [6, 6.07) is 12.3. The molecule has 2 aromatic carbocycles. The van der Waals surface area contributed by atoms with E-state index in [0.717, 1.165) is 18.4 Å². The van der Waals surface area contributed by atoms with Crippen molar-refractivity contribution in [3.8, 4) is 11.5 Å². The van der Waals surface area contributed by atoms with Gasteiger partial charge in [-0.3, -0.25) is 14.5 Å². The van der Waals surface area contributed by atoms with Crippen molar-refractivity contribution in [1.82, 2.24) is 15.5 Å². The SMILES string of the molecule is CCCCNC(=O)C(=O)NC[C@H](c1ccc2c(c1)OCO2)N1CCN(c2ccccc2F)CC1. The highest BCUT2D eigenvalue weighted by Crippen LogP contribution is 2.36. The quantitative estimate of drug-likeness (QED) is 0.456. The summed E-state index contributed by atoms with van der Waals surface area (Å²) in [6.07, 6.45) is 1.76. The summed E-state index contributed by atoms with van der Waals surface area (Å²) < 4.78 is 25.2. The summed E-state index contributed by atoms with van der Waals surface area (Å²) in [5.74, 6) is -0.152. The Morgan fingerprint density at radius 1 is 1.00 bits per heavy atom. The molecule has 9 heteroatoms. The number of unbranched alkanes of at least 4 members (excludes halogenated alkanes) is 1. The molecule has 1 saturated heterocycles. The lowest BCUT2D eigenvalue weighted by Gasteiger charge is -2.40. The third-order valence-electron chi connectivity index (χ3n) is 6.21. The van der Waals surface area contributed by atoms with Crippen LogP contribution in [0.2, 0.25) is 0 Å². The minimum absolute atomic E-state index is 0.176. The Morgan fingerprint density at radius 3 is 2.50 bits per heavy atom. The first-order valence-electron chi connectivity index (χ1n) is 11.8. The molecule has 2 amide bonds. The molecule has 4 rings (SSSR count). The fraction of sp³-hybridized carbons (Fsp3) is 0.440. The zero-order valence-corrected chi connectivity index (χ0v) is 19.4. The Balaban J connectivity index is 1.44. The van der Waals surface area contributed by atoms with Crippen LogP contribution in [0.15, 0.2) is 42.5 Å². The van der Waals surface area contributed by atoms with Crippen LogP contribution in [0.3, 0.4) is 0 Å². The molecule has 0 saturated carbocycles. The lowest BCUT2D eigenvalue weighted by molar-refractivity contribution is -0.139. The summed E-state index contributed by atoms with van der Waals surface area (Å²) in [5.41, 5.74) is 1.55. The van der Waals surface area contributed by atoms with Gasteiger partial charge in [-0.1, -0.05) is 31.5 Å². The second-order valence-corrected chi connectivity index (χ2v) is 8.42. The molecule has 2 aliphatic rings. The predicted molar refractivity (Wildman–Crippen MR) is 126 cm³/mol. The van der Waals surface area contributed by atoms with Crippen molar-refractivity contribution in [1.29, 1.82) is 0 Å². The number of amides is 2. The maximum absolute atomic E-state index is 14.3. The van der Waals surface area contributed by atoms with Crippen LogP contribution >= 0.6 is 0 Å². The van der Waals surface area contributed by atoms with Gasteiger partial charge in [0.1, 0.15) is 5.82 Å². The van der Waals surface area contributed by atoms with Crippen molar-refractivity contribution in [2.45, 2.75) is 25.8 Å². The van der Waals surface area contributed by atoms with Crippen LogP contribution in [0.1, 0.15) is 31.4 Å². The molecule has 2 heterocycles. The van der Waals surface area contributed by atoms with Crippen LogP contribution in [-0.4, -0.2) is 62.8 Å². The van der Waals surface area contributed by atoms with Crippen LogP contribution in [-0.2, 0) is 9.59 Å². The van der Waals surface area contributed by atoms with Gasteiger partial charge in [0.05, 0.1) is 11.7 Å². The maximum atomic E-state index is 14.3. The van der Waals surface area contributed by atoms with Crippen LogP contribution in [0.4, 0.5) is 10.1 Å². The number of hydrogen-bond donors (Lipinski definition) is 2. The summed E-state index contributed by atoms with van der Waals surface area (Å²) in [6.45, 7) is 5.58. The molecule has 1 fully saturated rings. The Bertz CT molecular complexity index is 1010. The second kappa shape index (κ2) is 11.2. The largest absolute Gasteiger partial charge is 0.454 e. The summed E-state index contributed by atoms with van der Waals surface area (Å²) >= 11 is 0. The van der Waals surface area contributed by atoms with E-state index >= 15 is 0 Å². The first-order chi connectivity index (χ1) is 16.6. The van der Waals surface area contributed by atoms with Crippen molar-refractivity contribution < 1.29 is 23.5 Å². The molecule has 0 aliphatic carbocycles. The fourth-order valence-corrected chi connectivity index (χ4v) is 4.29. The number of carbonyl (C=O) groups is 2. The van der Waals surface area contributed by atoms with E-state index in [9.17, 15) is 14.0 Å². The molecule has 2 aliphatic heterocycles. The number of ether oxygens (including phenoxy) is 2. The van der Waals surface area contributed by atoms with E-state index in [0.29, 0.717) is 49.9 Å². The zero-order chi connectivity index (χ0) is 23.9. The van der Waals surface area contributed by atoms with E-state index < -0.39 is 11.8 Å². The van der Waals surface area contributed by atoms with Gasteiger partial charge in [0.15, 0.2) is 11.5 Å². The van der Waals surface area contributed by atoms with Gasteiger partial charge in [0.2, 0.25) is 6.79 Å². The first-order valence-corrected chi connectivity index (χ1v) is 11.8. The van der Waals surface area contributed by atoms with Gasteiger partial charge in [-0.15, -0.1) is 0 Å². The maximum Gasteiger partial charge on any atom is 0.309 e. The molecule has 2 aromatic rings. The summed E-state index contributed by atoms with van der Waals surface area (Å²) in [5, 5.41) is 5.43. The molecule has 0 radical (unpaired) electrons. The molecule has 2 N–H and O–H groups in total. The number of nitrogens with one attached hydrogen (secondary N) is 2. The molecule has 0 unspecified atom stereocenters. The molecular formula is C25H31FN4O4. The summed E-state index contributed by atoms with van der Waals surface area (Å²) in [7, 11) is 0. The third kappa shape index (κ3) is 5.59. The predicted octanol–water partition coefficient (Wildman–Crippen LogP) is 2.45. The first kappa shape index (κ1) is 23.8. The molecule has 0 bridgehead atoms. The van der Waals surface area contributed by atoms with E-state index in [1.165, 1.54) is 6.07 Å². The minimum atomic E-state index is -0.646. The van der Waals surface area contributed by atoms with Gasteiger partial charge in [-0.25, -0.2) is 4.39 Å². The number of nitrogens with zero attached hydrogens (tertiary/aromatic N) is 2. The minimum Gasteiger partial charge on any atom is -0.454 e. The Hall–Kier alpha value is -3.33. The number of piperazine rings is 1. The normalized spacial score (nSPS) is 16.2. The van der Waals surface area contributed by atoms with Crippen molar-refractivity contribution in [3.63, 3.8) is 0 Å². The molecule has 0 spiro atoms. The van der Waals surface area contributed by atoms with Crippen molar-refractivity contribution in [2.24, 2.45) is 0 Å². The average Bonchev–Trinajstić information content (AvgIpc) is 3.33. The van der Waals surface area contributed by atoms with Gasteiger partial charge in [-0.2, -0.15) is 0 Å². The Labute approximate surface area is 199 Å². The highest BCUT2D eigenvalue weighted by molar-refractivity contribution is 6.35. The number of fused-ring (bicyclic) bond motifs is 1. The molecule has 182 valence electrons. The highest BCUT2D eigenvalue weighted by atomic mass is 19.1. The van der Waals surface area contributed by atoms with Gasteiger partial charge >= 0.3 is 11.8 Å². The molecule has 0 aromatic heterocycles. The molecule has 8 nitrogen and oxygen atoms in total. The number of benzene rings is 2. The van der Waals surface area contributed by atoms with E-state index in [1.807, 2.05) is 36.1 Å². The second-order valence-electron chi connectivity index (χ2n) is 8.42. The van der Waals surface area contributed by atoms with Crippen LogP contribution < -0.4 is 25.0 Å². The number of para-hydroxylation sites is 1. The van der Waals surface area contributed by atoms with Crippen molar-refractivity contribution >= 4 is 17.5 Å². The highest BCUT2D eigenvalue weighted by Gasteiger charge is 2.28. The summed E-state index contributed by atoms with van der Waals surface area (Å²) in [4.78, 5) is 28.8. The molecule has 34 heavy (non-hydrogen) atoms. The zero-order valence-electron chi connectivity index (χ0n) is 19.4. The number of rotatable bonds is 8. The lowest BCUT2D eigenvalue weighted by Crippen LogP contribution is -2.51. The number of hydrogen-bond acceptors (Lipinski definition) is 6. The third-order valence-corrected chi connectivity index (χ3v) is 6.21.